The molecule has 0 bridgehead atoms. The van der Waals surface area contributed by atoms with Crippen LogP contribution in [0.3, 0.4) is 0 Å². The number of thiazole rings is 1. The molecular weight excluding hydrogens is 216 g/mol. The Morgan fingerprint density at radius 2 is 2.31 bits per heavy atom. The minimum atomic E-state index is 0.455. The fourth-order valence-corrected chi connectivity index (χ4v) is 3.08. The molecule has 2 rings (SSSR count). The number of nitrogens with one attached hydrogen (secondary N) is 1. The maximum absolute atomic E-state index is 4.32. The first-order chi connectivity index (χ1) is 7.70. The van der Waals surface area contributed by atoms with Crippen LogP contribution in [-0.2, 0) is 0 Å². The van der Waals surface area contributed by atoms with E-state index in [-0.39, 0.29) is 0 Å². The summed E-state index contributed by atoms with van der Waals surface area (Å²) in [7, 11) is 0. The third-order valence-electron chi connectivity index (χ3n) is 3.47. The second-order valence-corrected chi connectivity index (χ2v) is 5.86. The van der Waals surface area contributed by atoms with Crippen LogP contribution >= 0.6 is 11.3 Å². The van der Waals surface area contributed by atoms with E-state index >= 15 is 0 Å². The van der Waals surface area contributed by atoms with E-state index in [0.29, 0.717) is 12.1 Å². The van der Waals surface area contributed by atoms with Crippen LogP contribution in [0.15, 0.2) is 5.51 Å². The smallest absolute Gasteiger partial charge is 0.0798 e. The summed E-state index contributed by atoms with van der Waals surface area (Å²) < 4.78 is 0. The Hall–Kier alpha value is -0.410. The highest BCUT2D eigenvalue weighted by molar-refractivity contribution is 7.09. The molecule has 1 aliphatic rings. The molecule has 0 aromatic carbocycles. The van der Waals surface area contributed by atoms with Crippen molar-refractivity contribution >= 4 is 11.3 Å². The van der Waals surface area contributed by atoms with Crippen LogP contribution < -0.4 is 5.32 Å². The van der Waals surface area contributed by atoms with Gasteiger partial charge in [-0.15, -0.1) is 11.3 Å². The molecule has 2 unspecified atom stereocenters. The molecule has 1 N–H and O–H groups in total. The van der Waals surface area contributed by atoms with Crippen LogP contribution in [0.1, 0.15) is 56.1 Å². The number of nitrogens with zero attached hydrogens (tertiary/aromatic N) is 1. The van der Waals surface area contributed by atoms with E-state index < -0.39 is 0 Å². The van der Waals surface area contributed by atoms with Gasteiger partial charge in [-0.3, -0.25) is 0 Å². The standard InChI is InChI=1S/C13H22N2S/c1-4-12(7-11-5-6-11)15-10(3)13-9(2)14-8-16-13/h8,10-12,15H,4-7H2,1-3H3. The summed E-state index contributed by atoms with van der Waals surface area (Å²) in [5.41, 5.74) is 3.14. The topological polar surface area (TPSA) is 24.9 Å². The molecule has 1 aromatic rings. The Morgan fingerprint density at radius 3 is 2.81 bits per heavy atom. The van der Waals surface area contributed by atoms with Crippen molar-refractivity contribution < 1.29 is 0 Å². The summed E-state index contributed by atoms with van der Waals surface area (Å²) in [5.74, 6) is 1.01. The van der Waals surface area contributed by atoms with Crippen molar-refractivity contribution in [3.63, 3.8) is 0 Å². The lowest BCUT2D eigenvalue weighted by Gasteiger charge is -2.21. The molecule has 0 saturated heterocycles. The Bertz CT molecular complexity index is 330. The van der Waals surface area contributed by atoms with E-state index in [4.69, 9.17) is 0 Å². The lowest BCUT2D eigenvalue weighted by Crippen LogP contribution is -2.31. The van der Waals surface area contributed by atoms with Crippen molar-refractivity contribution in [2.45, 2.75) is 58.5 Å². The second kappa shape index (κ2) is 5.28. The third-order valence-corrected chi connectivity index (χ3v) is 4.58. The fraction of sp³-hybridized carbons (Fsp3) is 0.769. The molecule has 16 heavy (non-hydrogen) atoms. The van der Waals surface area contributed by atoms with Gasteiger partial charge in [-0.05, 0) is 32.6 Å². The summed E-state index contributed by atoms with van der Waals surface area (Å²) >= 11 is 1.77. The normalized spacial score (nSPS) is 19.7. The van der Waals surface area contributed by atoms with E-state index in [9.17, 15) is 0 Å². The molecule has 1 saturated carbocycles. The maximum atomic E-state index is 4.32. The van der Waals surface area contributed by atoms with Gasteiger partial charge in [0.1, 0.15) is 0 Å². The van der Waals surface area contributed by atoms with E-state index in [1.54, 1.807) is 11.3 Å². The lowest BCUT2D eigenvalue weighted by molar-refractivity contribution is 0.406. The van der Waals surface area contributed by atoms with Crippen molar-refractivity contribution in [1.82, 2.24) is 10.3 Å². The predicted octanol–water partition coefficient (Wildman–Crippen LogP) is 3.68. The number of hydrogen-bond acceptors (Lipinski definition) is 3. The Kier molecular flexibility index (Phi) is 3.98. The molecule has 1 aliphatic carbocycles. The first-order valence-corrected chi connectivity index (χ1v) is 7.24. The molecule has 90 valence electrons. The van der Waals surface area contributed by atoms with Gasteiger partial charge in [0, 0.05) is 17.0 Å². The van der Waals surface area contributed by atoms with Crippen molar-refractivity contribution in [2.24, 2.45) is 5.92 Å². The molecule has 3 heteroatoms. The zero-order valence-electron chi connectivity index (χ0n) is 10.5. The first-order valence-electron chi connectivity index (χ1n) is 6.36. The maximum Gasteiger partial charge on any atom is 0.0798 e. The van der Waals surface area contributed by atoms with Gasteiger partial charge >= 0.3 is 0 Å². The highest BCUT2D eigenvalue weighted by Gasteiger charge is 2.25. The molecule has 2 atom stereocenters. The number of aryl methyl sites for hydroxylation is 1. The van der Waals surface area contributed by atoms with Crippen LogP contribution in [0.25, 0.3) is 0 Å². The quantitative estimate of drug-likeness (QED) is 0.817. The Morgan fingerprint density at radius 1 is 1.56 bits per heavy atom. The number of aromatic nitrogens is 1. The molecule has 1 heterocycles. The first kappa shape index (κ1) is 12.1. The molecule has 0 amide bonds. The van der Waals surface area contributed by atoms with Crippen molar-refractivity contribution in [3.05, 3.63) is 16.1 Å². The minimum Gasteiger partial charge on any atom is -0.307 e. The Labute approximate surface area is 102 Å². The number of hydrogen-bond donors (Lipinski definition) is 1. The van der Waals surface area contributed by atoms with Crippen molar-refractivity contribution in [3.8, 4) is 0 Å². The monoisotopic (exact) mass is 238 g/mol. The lowest BCUT2D eigenvalue weighted by atomic mass is 10.1. The molecule has 1 aromatic heterocycles. The van der Waals surface area contributed by atoms with Crippen LogP contribution in [0.2, 0.25) is 0 Å². The van der Waals surface area contributed by atoms with Gasteiger partial charge in [0.05, 0.1) is 11.2 Å². The van der Waals surface area contributed by atoms with Crippen LogP contribution in [-0.4, -0.2) is 11.0 Å². The SMILES string of the molecule is CCC(CC1CC1)NC(C)c1scnc1C. The second-order valence-electron chi connectivity index (χ2n) is 4.97. The number of rotatable bonds is 6. The largest absolute Gasteiger partial charge is 0.307 e. The zero-order valence-corrected chi connectivity index (χ0v) is 11.3. The summed E-state index contributed by atoms with van der Waals surface area (Å²) in [4.78, 5) is 5.72. The third kappa shape index (κ3) is 3.05. The van der Waals surface area contributed by atoms with Crippen LogP contribution in [0.4, 0.5) is 0 Å². The summed E-state index contributed by atoms with van der Waals surface area (Å²) in [6.07, 6.45) is 5.50. The molecule has 0 spiro atoms. The zero-order chi connectivity index (χ0) is 11.5. The van der Waals surface area contributed by atoms with E-state index in [1.807, 2.05) is 5.51 Å². The summed E-state index contributed by atoms with van der Waals surface area (Å²) in [5, 5.41) is 3.75. The van der Waals surface area contributed by atoms with E-state index in [1.165, 1.54) is 36.3 Å². The fourth-order valence-electron chi connectivity index (χ4n) is 2.26. The van der Waals surface area contributed by atoms with Gasteiger partial charge in [0.25, 0.3) is 0 Å². The predicted molar refractivity (Wildman–Crippen MR) is 69.8 cm³/mol. The summed E-state index contributed by atoms with van der Waals surface area (Å²) in [6, 6.07) is 1.14. The molecule has 2 nitrogen and oxygen atoms in total. The highest BCUT2D eigenvalue weighted by Crippen LogP contribution is 2.34. The van der Waals surface area contributed by atoms with Gasteiger partial charge < -0.3 is 5.32 Å². The van der Waals surface area contributed by atoms with Gasteiger partial charge in [-0.1, -0.05) is 19.8 Å². The van der Waals surface area contributed by atoms with Gasteiger partial charge in [-0.25, -0.2) is 4.98 Å². The highest BCUT2D eigenvalue weighted by atomic mass is 32.1. The van der Waals surface area contributed by atoms with Gasteiger partial charge in [-0.2, -0.15) is 0 Å². The average molecular weight is 238 g/mol. The van der Waals surface area contributed by atoms with Gasteiger partial charge in [0.15, 0.2) is 0 Å². The Balaban J connectivity index is 1.89. The van der Waals surface area contributed by atoms with Crippen LogP contribution in [0, 0.1) is 12.8 Å². The average Bonchev–Trinajstić information content (AvgIpc) is 2.97. The van der Waals surface area contributed by atoms with Crippen molar-refractivity contribution in [2.75, 3.05) is 0 Å². The van der Waals surface area contributed by atoms with E-state index in [2.05, 4.69) is 31.1 Å². The van der Waals surface area contributed by atoms with Crippen LogP contribution in [0.5, 0.6) is 0 Å². The van der Waals surface area contributed by atoms with E-state index in [0.717, 1.165) is 5.92 Å². The summed E-state index contributed by atoms with van der Waals surface area (Å²) in [6.45, 7) is 6.65. The molecule has 0 radical (unpaired) electrons. The molecule has 1 fully saturated rings. The molecule has 0 aliphatic heterocycles. The molecular formula is C13H22N2S. The minimum absolute atomic E-state index is 0.455. The van der Waals surface area contributed by atoms with Gasteiger partial charge in [0.2, 0.25) is 0 Å². The van der Waals surface area contributed by atoms with Crippen molar-refractivity contribution in [1.29, 1.82) is 0 Å².